The van der Waals surface area contributed by atoms with Gasteiger partial charge in [0.15, 0.2) is 11.5 Å². The molecule has 5 rings (SSSR count). The quantitative estimate of drug-likeness (QED) is 0.626. The number of thiophene rings is 1. The molecular formula is C22H20N2O3S. The molecule has 2 aliphatic rings. The summed E-state index contributed by atoms with van der Waals surface area (Å²) in [7, 11) is 3.30. The molecule has 0 bridgehead atoms. The third-order valence-corrected chi connectivity index (χ3v) is 6.12. The minimum Gasteiger partial charge on any atom is -0.493 e. The van der Waals surface area contributed by atoms with Crippen molar-refractivity contribution >= 4 is 17.0 Å². The number of ether oxygens (including phenoxy) is 3. The molecule has 2 aromatic carbocycles. The average molecular weight is 392 g/mol. The molecule has 2 aliphatic heterocycles. The summed E-state index contributed by atoms with van der Waals surface area (Å²) in [6.45, 7) is 0. The van der Waals surface area contributed by atoms with Crippen LogP contribution < -0.4 is 14.2 Å². The maximum absolute atomic E-state index is 6.43. The second kappa shape index (κ2) is 6.87. The third kappa shape index (κ3) is 2.64. The van der Waals surface area contributed by atoms with Crippen LogP contribution in [0.15, 0.2) is 65.1 Å². The summed E-state index contributed by atoms with van der Waals surface area (Å²) >= 11 is 1.71. The van der Waals surface area contributed by atoms with Crippen molar-refractivity contribution in [1.29, 1.82) is 0 Å². The van der Waals surface area contributed by atoms with Crippen molar-refractivity contribution in [2.24, 2.45) is 5.10 Å². The van der Waals surface area contributed by atoms with E-state index in [2.05, 4.69) is 34.7 Å². The van der Waals surface area contributed by atoms with Crippen LogP contribution in [0.1, 0.15) is 34.7 Å². The zero-order chi connectivity index (χ0) is 19.1. The van der Waals surface area contributed by atoms with Crippen LogP contribution in [0.25, 0.3) is 0 Å². The smallest absolute Gasteiger partial charge is 0.217 e. The van der Waals surface area contributed by atoms with Gasteiger partial charge >= 0.3 is 0 Å². The first-order valence-corrected chi connectivity index (χ1v) is 10.0. The molecule has 0 saturated carbocycles. The lowest BCUT2D eigenvalue weighted by Gasteiger charge is -2.38. The van der Waals surface area contributed by atoms with Crippen molar-refractivity contribution < 1.29 is 14.2 Å². The summed E-state index contributed by atoms with van der Waals surface area (Å²) in [5.74, 6) is 2.25. The zero-order valence-electron chi connectivity index (χ0n) is 15.7. The maximum atomic E-state index is 6.43. The molecule has 0 fully saturated rings. The van der Waals surface area contributed by atoms with Gasteiger partial charge in [-0.3, -0.25) is 0 Å². The topological polar surface area (TPSA) is 43.3 Å². The van der Waals surface area contributed by atoms with E-state index in [4.69, 9.17) is 19.3 Å². The molecule has 28 heavy (non-hydrogen) atoms. The summed E-state index contributed by atoms with van der Waals surface area (Å²) in [6, 6.07) is 18.4. The van der Waals surface area contributed by atoms with Gasteiger partial charge in [-0.25, -0.2) is 5.01 Å². The predicted molar refractivity (Wildman–Crippen MR) is 109 cm³/mol. The van der Waals surface area contributed by atoms with Crippen LogP contribution in [-0.4, -0.2) is 24.9 Å². The van der Waals surface area contributed by atoms with Gasteiger partial charge in [0.25, 0.3) is 0 Å². The molecule has 142 valence electrons. The number of fused-ring (bicyclic) bond motifs is 3. The largest absolute Gasteiger partial charge is 0.493 e. The molecule has 5 nitrogen and oxygen atoms in total. The second-order valence-corrected chi connectivity index (χ2v) is 7.66. The van der Waals surface area contributed by atoms with E-state index < -0.39 is 0 Å². The van der Waals surface area contributed by atoms with Crippen LogP contribution in [0, 0.1) is 0 Å². The number of hydrogen-bond acceptors (Lipinski definition) is 6. The highest BCUT2D eigenvalue weighted by molar-refractivity contribution is 7.12. The normalized spacial score (nSPS) is 20.1. The predicted octanol–water partition coefficient (Wildman–Crippen LogP) is 5.01. The maximum Gasteiger partial charge on any atom is 0.217 e. The monoisotopic (exact) mass is 392 g/mol. The third-order valence-electron chi connectivity index (χ3n) is 5.20. The molecule has 0 N–H and O–H groups in total. The van der Waals surface area contributed by atoms with Crippen LogP contribution in [0.4, 0.5) is 0 Å². The van der Waals surface area contributed by atoms with E-state index in [1.165, 1.54) is 4.88 Å². The molecule has 6 heteroatoms. The highest BCUT2D eigenvalue weighted by Gasteiger charge is 2.42. The number of nitrogens with zero attached hydrogens (tertiary/aromatic N) is 2. The molecule has 2 atom stereocenters. The molecule has 0 saturated heterocycles. The van der Waals surface area contributed by atoms with Crippen LogP contribution >= 0.6 is 11.3 Å². The second-order valence-electron chi connectivity index (χ2n) is 6.71. The Morgan fingerprint density at radius 1 is 1.00 bits per heavy atom. The fourth-order valence-electron chi connectivity index (χ4n) is 3.94. The van der Waals surface area contributed by atoms with Gasteiger partial charge in [-0.2, -0.15) is 5.10 Å². The van der Waals surface area contributed by atoms with E-state index in [1.54, 1.807) is 25.6 Å². The number of hydrogen-bond donors (Lipinski definition) is 0. The number of methoxy groups -OCH3 is 2. The van der Waals surface area contributed by atoms with Crippen LogP contribution in [0.3, 0.4) is 0 Å². The molecule has 3 heterocycles. The molecule has 0 radical (unpaired) electrons. The Kier molecular flexibility index (Phi) is 4.20. The van der Waals surface area contributed by atoms with E-state index in [0.717, 1.165) is 29.0 Å². The Morgan fingerprint density at radius 3 is 2.64 bits per heavy atom. The van der Waals surface area contributed by atoms with Crippen molar-refractivity contribution in [2.45, 2.75) is 18.7 Å². The molecular weight excluding hydrogens is 372 g/mol. The highest BCUT2D eigenvalue weighted by atomic mass is 32.1. The van der Waals surface area contributed by atoms with Crippen LogP contribution in [0.5, 0.6) is 17.2 Å². The van der Waals surface area contributed by atoms with Gasteiger partial charge < -0.3 is 14.2 Å². The first-order chi connectivity index (χ1) is 13.8. The van der Waals surface area contributed by atoms with Gasteiger partial charge in [-0.1, -0.05) is 30.3 Å². The van der Waals surface area contributed by atoms with E-state index in [-0.39, 0.29) is 12.3 Å². The lowest BCUT2D eigenvalue weighted by Crippen LogP contribution is -2.34. The van der Waals surface area contributed by atoms with Gasteiger partial charge in [0.1, 0.15) is 5.75 Å². The van der Waals surface area contributed by atoms with Gasteiger partial charge in [-0.05, 0) is 29.6 Å². The molecule has 1 aromatic heterocycles. The zero-order valence-corrected chi connectivity index (χ0v) is 16.5. The highest BCUT2D eigenvalue weighted by Crippen LogP contribution is 2.50. The minimum absolute atomic E-state index is 0.128. The molecule has 0 spiro atoms. The van der Waals surface area contributed by atoms with Crippen molar-refractivity contribution in [3.05, 3.63) is 76.0 Å². The standard InChI is InChI=1S/C22H20N2O3S/c1-25-19-10-5-8-15(21(19)26-2)22-24-17(14-7-3-4-9-18(14)27-22)13-16(23-24)20-11-6-12-28-20/h3-12,17,22H,13H2,1-2H3/t17-,22+/m1/s1. The molecule has 3 aromatic rings. The lowest BCUT2D eigenvalue weighted by molar-refractivity contribution is -0.0205. The van der Waals surface area contributed by atoms with Gasteiger partial charge in [0.05, 0.1) is 36.4 Å². The van der Waals surface area contributed by atoms with Crippen LogP contribution in [-0.2, 0) is 0 Å². The number of para-hydroxylation sites is 2. The fraction of sp³-hybridized carbons (Fsp3) is 0.227. The van der Waals surface area contributed by atoms with E-state index in [0.29, 0.717) is 11.5 Å². The summed E-state index contributed by atoms with van der Waals surface area (Å²) in [5.41, 5.74) is 3.15. The lowest BCUT2D eigenvalue weighted by atomic mass is 9.97. The van der Waals surface area contributed by atoms with Crippen molar-refractivity contribution in [2.75, 3.05) is 14.2 Å². The Balaban J connectivity index is 1.64. The summed E-state index contributed by atoms with van der Waals surface area (Å²) in [5, 5.41) is 9.13. The summed E-state index contributed by atoms with van der Waals surface area (Å²) < 4.78 is 17.6. The number of benzene rings is 2. The number of hydrazone groups is 1. The Bertz CT molecular complexity index is 1030. The molecule has 0 aliphatic carbocycles. The number of rotatable bonds is 4. The Hall–Kier alpha value is -2.99. The van der Waals surface area contributed by atoms with Gasteiger partial charge in [-0.15, -0.1) is 11.3 Å². The minimum atomic E-state index is -0.387. The van der Waals surface area contributed by atoms with E-state index in [1.807, 2.05) is 30.3 Å². The fourth-order valence-corrected chi connectivity index (χ4v) is 4.66. The Labute approximate surface area is 167 Å². The van der Waals surface area contributed by atoms with Crippen molar-refractivity contribution in [3.8, 4) is 17.2 Å². The van der Waals surface area contributed by atoms with E-state index in [9.17, 15) is 0 Å². The van der Waals surface area contributed by atoms with E-state index >= 15 is 0 Å². The first kappa shape index (κ1) is 17.1. The van der Waals surface area contributed by atoms with Gasteiger partial charge in [0, 0.05) is 12.0 Å². The van der Waals surface area contributed by atoms with Gasteiger partial charge in [0.2, 0.25) is 6.23 Å². The van der Waals surface area contributed by atoms with Crippen molar-refractivity contribution in [1.82, 2.24) is 5.01 Å². The first-order valence-electron chi connectivity index (χ1n) is 9.16. The van der Waals surface area contributed by atoms with Crippen LogP contribution in [0.2, 0.25) is 0 Å². The summed E-state index contributed by atoms with van der Waals surface area (Å²) in [4.78, 5) is 1.20. The molecule has 0 unspecified atom stereocenters. The average Bonchev–Trinajstić information content (AvgIpc) is 3.42. The summed E-state index contributed by atoms with van der Waals surface area (Å²) in [6.07, 6.45) is 0.464. The van der Waals surface area contributed by atoms with Crippen molar-refractivity contribution in [3.63, 3.8) is 0 Å². The Morgan fingerprint density at radius 2 is 1.86 bits per heavy atom. The molecule has 0 amide bonds. The SMILES string of the molecule is COc1cccc([C@@H]2Oc3ccccc3[C@H]3CC(c4cccs4)=NN32)c1OC.